The number of carbonyl (C=O) groups excluding carboxylic acids is 2. The van der Waals surface area contributed by atoms with Gasteiger partial charge in [-0.2, -0.15) is 0 Å². The minimum atomic E-state index is -0.359. The molecule has 1 aromatic carbocycles. The Labute approximate surface area is 156 Å². The molecular weight excluding hydrogens is 352 g/mol. The predicted molar refractivity (Wildman–Crippen MR) is 98.5 cm³/mol. The Morgan fingerprint density at radius 1 is 1.27 bits per heavy atom. The molecule has 1 saturated carbocycles. The van der Waals surface area contributed by atoms with Crippen LogP contribution in [-0.4, -0.2) is 38.8 Å². The topological polar surface area (TPSA) is 100 Å². The van der Waals surface area contributed by atoms with Crippen molar-refractivity contribution in [1.29, 1.82) is 0 Å². The molecule has 0 radical (unpaired) electrons. The summed E-state index contributed by atoms with van der Waals surface area (Å²) < 4.78 is 7.32. The van der Waals surface area contributed by atoms with Crippen LogP contribution in [0.5, 0.6) is 5.75 Å². The Balaban J connectivity index is 1.64. The molecule has 1 fully saturated rings. The summed E-state index contributed by atoms with van der Waals surface area (Å²) in [5.74, 6) is 1.95. The zero-order valence-electron chi connectivity index (χ0n) is 14.7. The molecule has 2 aromatic rings. The van der Waals surface area contributed by atoms with Crippen molar-refractivity contribution in [3.8, 4) is 5.75 Å². The third-order valence-electron chi connectivity index (χ3n) is 4.09. The number of ketones is 1. The summed E-state index contributed by atoms with van der Waals surface area (Å²) in [5.41, 5.74) is 5.90. The number of Topliss-reactive ketones (excluding diaryl/α,β-unsaturated/α-hetero) is 1. The van der Waals surface area contributed by atoms with Crippen molar-refractivity contribution in [2.45, 2.75) is 43.8 Å². The van der Waals surface area contributed by atoms with Gasteiger partial charge in [-0.15, -0.1) is 10.2 Å². The van der Waals surface area contributed by atoms with Crippen LogP contribution in [0.3, 0.4) is 0 Å². The van der Waals surface area contributed by atoms with Crippen LogP contribution in [0, 0.1) is 0 Å². The van der Waals surface area contributed by atoms with Crippen molar-refractivity contribution in [1.82, 2.24) is 14.8 Å². The lowest BCUT2D eigenvalue weighted by Crippen LogP contribution is -2.16. The number of nitrogens with zero attached hydrogens (tertiary/aromatic N) is 3. The molecule has 1 aliphatic rings. The van der Waals surface area contributed by atoms with E-state index in [-0.39, 0.29) is 23.9 Å². The third kappa shape index (κ3) is 4.63. The lowest BCUT2D eigenvalue weighted by atomic mass is 10.1. The van der Waals surface area contributed by atoms with Gasteiger partial charge in [-0.05, 0) is 44.0 Å². The van der Waals surface area contributed by atoms with Crippen molar-refractivity contribution in [2.75, 3.05) is 12.4 Å². The van der Waals surface area contributed by atoms with Crippen molar-refractivity contribution in [3.63, 3.8) is 0 Å². The van der Waals surface area contributed by atoms with Crippen LogP contribution in [0.15, 0.2) is 29.4 Å². The molecular formula is C18H22N4O3S. The molecule has 0 saturated heterocycles. The Kier molecular flexibility index (Phi) is 5.92. The fraction of sp³-hybridized carbons (Fsp3) is 0.444. The number of hydrogen-bond acceptors (Lipinski definition) is 6. The van der Waals surface area contributed by atoms with Gasteiger partial charge < -0.3 is 15.0 Å². The van der Waals surface area contributed by atoms with E-state index in [1.54, 1.807) is 24.3 Å². The van der Waals surface area contributed by atoms with Crippen LogP contribution in [0.1, 0.15) is 48.3 Å². The molecule has 1 amide bonds. The smallest absolute Gasteiger partial charge is 0.219 e. The van der Waals surface area contributed by atoms with Crippen LogP contribution in [0.25, 0.3) is 0 Å². The average molecular weight is 374 g/mol. The second-order valence-electron chi connectivity index (χ2n) is 6.15. The Morgan fingerprint density at radius 3 is 2.62 bits per heavy atom. The standard InChI is InChI=1S/C18H22N4O3S/c1-2-25-14-7-5-12(6-8-14)15(23)11-26-18-21-20-17(13-3-4-13)22(18)10-9-16(19)24/h5-8,13H,2-4,9-11H2,1H3,(H2,19,24). The Hall–Kier alpha value is -2.35. The highest BCUT2D eigenvalue weighted by Crippen LogP contribution is 2.40. The zero-order valence-corrected chi connectivity index (χ0v) is 15.5. The second-order valence-corrected chi connectivity index (χ2v) is 7.09. The first-order valence-corrected chi connectivity index (χ1v) is 9.67. The van der Waals surface area contributed by atoms with Crippen molar-refractivity contribution in [2.24, 2.45) is 5.73 Å². The van der Waals surface area contributed by atoms with Crippen LogP contribution in [-0.2, 0) is 11.3 Å². The lowest BCUT2D eigenvalue weighted by molar-refractivity contribution is -0.118. The third-order valence-corrected chi connectivity index (χ3v) is 5.06. The molecule has 0 spiro atoms. The molecule has 1 aromatic heterocycles. The fourth-order valence-electron chi connectivity index (χ4n) is 2.60. The SMILES string of the molecule is CCOc1ccc(C(=O)CSc2nnc(C3CC3)n2CCC(N)=O)cc1. The van der Waals surface area contributed by atoms with Gasteiger partial charge in [0.1, 0.15) is 11.6 Å². The summed E-state index contributed by atoms with van der Waals surface area (Å²) >= 11 is 1.34. The highest BCUT2D eigenvalue weighted by Gasteiger charge is 2.30. The summed E-state index contributed by atoms with van der Waals surface area (Å²) in [6, 6.07) is 7.12. The summed E-state index contributed by atoms with van der Waals surface area (Å²) in [6.07, 6.45) is 2.41. The quantitative estimate of drug-likeness (QED) is 0.506. The number of carbonyl (C=O) groups is 2. The maximum Gasteiger partial charge on any atom is 0.219 e. The molecule has 1 aliphatic carbocycles. The number of amides is 1. The molecule has 8 heteroatoms. The molecule has 7 nitrogen and oxygen atoms in total. The molecule has 3 rings (SSSR count). The van der Waals surface area contributed by atoms with Gasteiger partial charge in [0, 0.05) is 24.4 Å². The summed E-state index contributed by atoms with van der Waals surface area (Å²) in [4.78, 5) is 23.5. The first-order valence-electron chi connectivity index (χ1n) is 8.68. The van der Waals surface area contributed by atoms with E-state index in [2.05, 4.69) is 10.2 Å². The van der Waals surface area contributed by atoms with Crippen molar-refractivity contribution >= 4 is 23.5 Å². The summed E-state index contributed by atoms with van der Waals surface area (Å²) in [6.45, 7) is 2.96. The number of rotatable bonds is 10. The van der Waals surface area contributed by atoms with Crippen LogP contribution in [0.2, 0.25) is 0 Å². The highest BCUT2D eigenvalue weighted by molar-refractivity contribution is 7.99. The van der Waals surface area contributed by atoms with Gasteiger partial charge in [0.25, 0.3) is 0 Å². The maximum atomic E-state index is 12.4. The molecule has 1 heterocycles. The Bertz CT molecular complexity index is 784. The number of benzene rings is 1. The summed E-state index contributed by atoms with van der Waals surface area (Å²) in [5, 5.41) is 9.12. The minimum Gasteiger partial charge on any atom is -0.494 e. The van der Waals surface area contributed by atoms with E-state index in [4.69, 9.17) is 10.5 Å². The van der Waals surface area contributed by atoms with Crippen LogP contribution in [0.4, 0.5) is 0 Å². The fourth-order valence-corrected chi connectivity index (χ4v) is 3.47. The molecule has 0 bridgehead atoms. The highest BCUT2D eigenvalue weighted by atomic mass is 32.2. The van der Waals surface area contributed by atoms with Gasteiger partial charge in [0.2, 0.25) is 5.91 Å². The minimum absolute atomic E-state index is 0.00970. The first-order chi connectivity index (χ1) is 12.6. The monoisotopic (exact) mass is 374 g/mol. The van der Waals surface area contributed by atoms with E-state index < -0.39 is 0 Å². The number of hydrogen-bond donors (Lipinski definition) is 1. The zero-order chi connectivity index (χ0) is 18.5. The predicted octanol–water partition coefficient (Wildman–Crippen LogP) is 2.40. The van der Waals surface area contributed by atoms with E-state index in [0.717, 1.165) is 24.4 Å². The van der Waals surface area contributed by atoms with E-state index in [9.17, 15) is 9.59 Å². The van der Waals surface area contributed by atoms with Crippen LogP contribution < -0.4 is 10.5 Å². The van der Waals surface area contributed by atoms with Crippen molar-refractivity contribution < 1.29 is 14.3 Å². The van der Waals surface area contributed by atoms with Gasteiger partial charge in [0.15, 0.2) is 10.9 Å². The van der Waals surface area contributed by atoms with Gasteiger partial charge >= 0.3 is 0 Å². The number of ether oxygens (including phenoxy) is 1. The first kappa shape index (κ1) is 18.4. The lowest BCUT2D eigenvalue weighted by Gasteiger charge is -2.08. The van der Waals surface area contributed by atoms with Crippen molar-refractivity contribution in [3.05, 3.63) is 35.7 Å². The van der Waals surface area contributed by atoms with Crippen LogP contribution >= 0.6 is 11.8 Å². The Morgan fingerprint density at radius 2 is 2.00 bits per heavy atom. The number of primary amides is 1. The van der Waals surface area contributed by atoms with E-state index in [0.29, 0.717) is 29.8 Å². The van der Waals surface area contributed by atoms with E-state index >= 15 is 0 Å². The number of thioether (sulfide) groups is 1. The van der Waals surface area contributed by atoms with Gasteiger partial charge in [-0.3, -0.25) is 9.59 Å². The average Bonchev–Trinajstić information content (AvgIpc) is 3.39. The molecule has 0 aliphatic heterocycles. The van der Waals surface area contributed by atoms with E-state index in [1.807, 2.05) is 11.5 Å². The molecule has 0 atom stereocenters. The molecule has 2 N–H and O–H groups in total. The number of aromatic nitrogens is 3. The van der Waals surface area contributed by atoms with Gasteiger partial charge in [-0.1, -0.05) is 11.8 Å². The van der Waals surface area contributed by atoms with Gasteiger partial charge in [-0.25, -0.2) is 0 Å². The van der Waals surface area contributed by atoms with E-state index in [1.165, 1.54) is 11.8 Å². The second kappa shape index (κ2) is 8.35. The maximum absolute atomic E-state index is 12.4. The molecule has 0 unspecified atom stereocenters. The number of nitrogens with two attached hydrogens (primary N) is 1. The van der Waals surface area contributed by atoms with Gasteiger partial charge in [0.05, 0.1) is 12.4 Å². The summed E-state index contributed by atoms with van der Waals surface area (Å²) in [7, 11) is 0. The molecule has 26 heavy (non-hydrogen) atoms. The molecule has 138 valence electrons. The normalized spacial score (nSPS) is 13.6. The largest absolute Gasteiger partial charge is 0.494 e.